The third-order valence-electron chi connectivity index (χ3n) is 4.08. The number of halogens is 1. The van der Waals surface area contributed by atoms with Gasteiger partial charge in [0.2, 0.25) is 5.91 Å². The zero-order valence-corrected chi connectivity index (χ0v) is 15.2. The average Bonchev–Trinajstić information content (AvgIpc) is 2.94. The summed E-state index contributed by atoms with van der Waals surface area (Å²) in [6.07, 6.45) is 0.473. The first-order chi connectivity index (χ1) is 12.3. The molecule has 0 radical (unpaired) electrons. The lowest BCUT2D eigenvalue weighted by atomic mass is 9.99. The molecule has 7 heteroatoms. The van der Waals surface area contributed by atoms with Crippen molar-refractivity contribution in [3.8, 4) is 0 Å². The normalized spacial score (nSPS) is 11.7. The van der Waals surface area contributed by atoms with Gasteiger partial charge < -0.3 is 10.6 Å². The highest BCUT2D eigenvalue weighted by Crippen LogP contribution is 2.16. The van der Waals surface area contributed by atoms with Crippen LogP contribution in [0.3, 0.4) is 0 Å². The van der Waals surface area contributed by atoms with Crippen LogP contribution in [0.5, 0.6) is 0 Å². The minimum Gasteiger partial charge on any atom is -0.350 e. The molecule has 2 rings (SSSR count). The molecule has 138 valence electrons. The van der Waals surface area contributed by atoms with Gasteiger partial charge in [0.1, 0.15) is 11.5 Å². The Labute approximate surface area is 152 Å². The summed E-state index contributed by atoms with van der Waals surface area (Å²) in [5, 5.41) is 9.65. The SMILES string of the molecule is C=C(CCNC(=O)c1cc(C)nn1C)C(C)C(=O)Nc1ccc(F)cc1. The van der Waals surface area contributed by atoms with E-state index in [1.54, 1.807) is 20.0 Å². The Morgan fingerprint density at radius 3 is 2.54 bits per heavy atom. The Balaban J connectivity index is 1.81. The van der Waals surface area contributed by atoms with Gasteiger partial charge in [-0.25, -0.2) is 4.39 Å². The van der Waals surface area contributed by atoms with Crippen LogP contribution in [-0.2, 0) is 11.8 Å². The maximum absolute atomic E-state index is 12.9. The van der Waals surface area contributed by atoms with E-state index in [4.69, 9.17) is 0 Å². The number of carbonyl (C=O) groups is 2. The fraction of sp³-hybridized carbons (Fsp3) is 0.316. The molecule has 1 unspecified atom stereocenters. The summed E-state index contributed by atoms with van der Waals surface area (Å²) in [5.74, 6) is -1.24. The number of rotatable bonds is 7. The number of hydrogen-bond donors (Lipinski definition) is 2. The third-order valence-corrected chi connectivity index (χ3v) is 4.08. The molecule has 2 N–H and O–H groups in total. The molecule has 2 aromatic rings. The van der Waals surface area contributed by atoms with E-state index in [0.717, 1.165) is 5.69 Å². The lowest BCUT2D eigenvalue weighted by Gasteiger charge is -2.15. The highest BCUT2D eigenvalue weighted by Gasteiger charge is 2.17. The molecular weight excluding hydrogens is 335 g/mol. The van der Waals surface area contributed by atoms with Crippen LogP contribution in [0.4, 0.5) is 10.1 Å². The van der Waals surface area contributed by atoms with Crippen LogP contribution in [-0.4, -0.2) is 28.1 Å². The first-order valence-electron chi connectivity index (χ1n) is 8.31. The van der Waals surface area contributed by atoms with Crippen LogP contribution in [0, 0.1) is 18.7 Å². The predicted molar refractivity (Wildman–Crippen MR) is 98.2 cm³/mol. The van der Waals surface area contributed by atoms with E-state index in [1.165, 1.54) is 28.9 Å². The van der Waals surface area contributed by atoms with Crippen LogP contribution in [0.25, 0.3) is 0 Å². The monoisotopic (exact) mass is 358 g/mol. The summed E-state index contributed by atoms with van der Waals surface area (Å²) in [7, 11) is 1.71. The number of hydrogen-bond acceptors (Lipinski definition) is 3. The highest BCUT2D eigenvalue weighted by molar-refractivity contribution is 5.94. The van der Waals surface area contributed by atoms with Crippen LogP contribution < -0.4 is 10.6 Å². The van der Waals surface area contributed by atoms with Crippen molar-refractivity contribution in [2.45, 2.75) is 20.3 Å². The van der Waals surface area contributed by atoms with Crippen molar-refractivity contribution >= 4 is 17.5 Å². The van der Waals surface area contributed by atoms with Gasteiger partial charge in [0.15, 0.2) is 0 Å². The second kappa shape index (κ2) is 8.42. The van der Waals surface area contributed by atoms with Crippen molar-refractivity contribution < 1.29 is 14.0 Å². The van der Waals surface area contributed by atoms with Crippen molar-refractivity contribution in [2.75, 3.05) is 11.9 Å². The molecule has 6 nitrogen and oxygen atoms in total. The maximum atomic E-state index is 12.9. The van der Waals surface area contributed by atoms with E-state index >= 15 is 0 Å². The van der Waals surface area contributed by atoms with Crippen LogP contribution in [0.2, 0.25) is 0 Å². The van der Waals surface area contributed by atoms with Gasteiger partial charge in [-0.05, 0) is 50.6 Å². The topological polar surface area (TPSA) is 76.0 Å². The zero-order chi connectivity index (χ0) is 19.3. The van der Waals surface area contributed by atoms with Gasteiger partial charge in [-0.15, -0.1) is 0 Å². The molecule has 0 aliphatic carbocycles. The molecule has 1 atom stereocenters. The van der Waals surface area contributed by atoms with Crippen molar-refractivity contribution in [3.05, 3.63) is 59.7 Å². The van der Waals surface area contributed by atoms with Crippen molar-refractivity contribution in [2.24, 2.45) is 13.0 Å². The van der Waals surface area contributed by atoms with Gasteiger partial charge in [-0.3, -0.25) is 14.3 Å². The van der Waals surface area contributed by atoms with E-state index in [2.05, 4.69) is 22.3 Å². The lowest BCUT2D eigenvalue weighted by molar-refractivity contribution is -0.118. The molecule has 0 fully saturated rings. The lowest BCUT2D eigenvalue weighted by Crippen LogP contribution is -2.28. The molecule has 0 bridgehead atoms. The van der Waals surface area contributed by atoms with E-state index < -0.39 is 5.92 Å². The van der Waals surface area contributed by atoms with E-state index in [0.29, 0.717) is 29.9 Å². The summed E-state index contributed by atoms with van der Waals surface area (Å²) in [6, 6.07) is 7.27. The summed E-state index contributed by atoms with van der Waals surface area (Å²) in [5.41, 5.74) is 2.48. The van der Waals surface area contributed by atoms with E-state index in [-0.39, 0.29) is 17.6 Å². The van der Waals surface area contributed by atoms with Gasteiger partial charge in [0, 0.05) is 19.3 Å². The number of amides is 2. The van der Waals surface area contributed by atoms with Crippen molar-refractivity contribution in [3.63, 3.8) is 0 Å². The second-order valence-electron chi connectivity index (χ2n) is 6.18. The van der Waals surface area contributed by atoms with Gasteiger partial charge in [0.05, 0.1) is 11.6 Å². The molecule has 26 heavy (non-hydrogen) atoms. The number of aromatic nitrogens is 2. The molecular formula is C19H23FN4O2. The number of aryl methyl sites for hydroxylation is 2. The van der Waals surface area contributed by atoms with Gasteiger partial charge >= 0.3 is 0 Å². The minimum absolute atomic E-state index is 0.218. The quantitative estimate of drug-likeness (QED) is 0.747. The highest BCUT2D eigenvalue weighted by atomic mass is 19.1. The van der Waals surface area contributed by atoms with Gasteiger partial charge in [-0.2, -0.15) is 5.10 Å². The molecule has 0 spiro atoms. The minimum atomic E-state index is -0.434. The Morgan fingerprint density at radius 1 is 1.31 bits per heavy atom. The summed E-state index contributed by atoms with van der Waals surface area (Å²) in [4.78, 5) is 24.4. The standard InChI is InChI=1S/C19H23FN4O2/c1-12(9-10-21-19(26)17-11-13(2)23-24(17)4)14(3)18(25)22-16-7-5-15(20)6-8-16/h5-8,11,14H,1,9-10H2,2-4H3,(H,21,26)(H,22,25). The smallest absolute Gasteiger partial charge is 0.269 e. The molecule has 2 amide bonds. The second-order valence-corrected chi connectivity index (χ2v) is 6.18. The van der Waals surface area contributed by atoms with Crippen LogP contribution >= 0.6 is 0 Å². The van der Waals surface area contributed by atoms with Gasteiger partial charge in [-0.1, -0.05) is 12.2 Å². The van der Waals surface area contributed by atoms with Gasteiger partial charge in [0.25, 0.3) is 5.91 Å². The van der Waals surface area contributed by atoms with E-state index in [9.17, 15) is 14.0 Å². The Bertz CT molecular complexity index is 811. The predicted octanol–water partition coefficient (Wildman–Crippen LogP) is 2.82. The molecule has 1 aromatic heterocycles. The fourth-order valence-corrected chi connectivity index (χ4v) is 2.44. The fourth-order valence-electron chi connectivity index (χ4n) is 2.44. The summed E-state index contributed by atoms with van der Waals surface area (Å²) < 4.78 is 14.4. The van der Waals surface area contributed by atoms with Crippen molar-refractivity contribution in [1.29, 1.82) is 0 Å². The number of anilines is 1. The Kier molecular flexibility index (Phi) is 6.27. The summed E-state index contributed by atoms with van der Waals surface area (Å²) in [6.45, 7) is 7.87. The van der Waals surface area contributed by atoms with Crippen LogP contribution in [0.15, 0.2) is 42.5 Å². The number of benzene rings is 1. The summed E-state index contributed by atoms with van der Waals surface area (Å²) >= 11 is 0. The largest absolute Gasteiger partial charge is 0.350 e. The van der Waals surface area contributed by atoms with E-state index in [1.807, 2.05) is 6.92 Å². The Hall–Kier alpha value is -2.96. The number of carbonyl (C=O) groups excluding carboxylic acids is 2. The molecule has 1 heterocycles. The molecule has 0 saturated carbocycles. The first-order valence-corrected chi connectivity index (χ1v) is 8.31. The zero-order valence-electron chi connectivity index (χ0n) is 15.2. The number of nitrogens with zero attached hydrogens (tertiary/aromatic N) is 2. The first kappa shape index (κ1) is 19.4. The Morgan fingerprint density at radius 2 is 1.96 bits per heavy atom. The molecule has 0 aliphatic heterocycles. The maximum Gasteiger partial charge on any atom is 0.269 e. The molecule has 1 aromatic carbocycles. The third kappa shape index (κ3) is 5.02. The molecule has 0 saturated heterocycles. The number of nitrogens with one attached hydrogen (secondary N) is 2. The average molecular weight is 358 g/mol. The van der Waals surface area contributed by atoms with Crippen LogP contribution in [0.1, 0.15) is 29.5 Å². The van der Waals surface area contributed by atoms with Crippen molar-refractivity contribution in [1.82, 2.24) is 15.1 Å². The molecule has 0 aliphatic rings.